The Bertz CT molecular complexity index is 1030. The molecule has 0 radical (unpaired) electrons. The Morgan fingerprint density at radius 2 is 1.74 bits per heavy atom. The average Bonchev–Trinajstić information content (AvgIpc) is 2.49. The summed E-state index contributed by atoms with van der Waals surface area (Å²) in [7, 11) is 1.60. The van der Waals surface area contributed by atoms with Gasteiger partial charge in [-0.25, -0.2) is 18.4 Å². The van der Waals surface area contributed by atoms with Crippen molar-refractivity contribution in [3.63, 3.8) is 0 Å². The molecule has 3 rings (SSSR count). The lowest BCUT2D eigenvalue weighted by atomic mass is 9.99. The van der Waals surface area contributed by atoms with Crippen molar-refractivity contribution < 1.29 is 8.42 Å². The third-order valence-corrected chi connectivity index (χ3v) is 5.41. The maximum Gasteiger partial charge on any atom is 0.261 e. The van der Waals surface area contributed by atoms with Crippen molar-refractivity contribution in [1.29, 1.82) is 0 Å². The van der Waals surface area contributed by atoms with Gasteiger partial charge in [0.05, 0.1) is 16.1 Å². The van der Waals surface area contributed by atoms with Crippen molar-refractivity contribution in [1.82, 2.24) is 9.97 Å². The topological polar surface area (TPSA) is 59.9 Å². The SMILES string of the molecule is Cc1cc(-c2ncnc3cc(S(=O)(=O)Cl)ccc23)c(C)cc1Cl. The molecule has 7 heteroatoms. The number of aryl methyl sites for hydroxylation is 2. The number of aromatic nitrogens is 2. The van der Waals surface area contributed by atoms with Crippen molar-refractivity contribution in [3.8, 4) is 11.3 Å². The molecule has 0 bridgehead atoms. The van der Waals surface area contributed by atoms with Crippen molar-refractivity contribution in [2.24, 2.45) is 0 Å². The summed E-state index contributed by atoms with van der Waals surface area (Å²) >= 11 is 6.15. The second kappa shape index (κ2) is 5.74. The third kappa shape index (κ3) is 3.04. The Morgan fingerprint density at radius 1 is 1.00 bits per heavy atom. The van der Waals surface area contributed by atoms with Gasteiger partial charge in [-0.2, -0.15) is 0 Å². The van der Waals surface area contributed by atoms with Crippen molar-refractivity contribution in [2.75, 3.05) is 0 Å². The van der Waals surface area contributed by atoms with Crippen molar-refractivity contribution in [2.45, 2.75) is 18.7 Å². The van der Waals surface area contributed by atoms with E-state index in [1.165, 1.54) is 18.5 Å². The second-order valence-corrected chi connectivity index (χ2v) is 8.23. The molecule has 118 valence electrons. The lowest BCUT2D eigenvalue weighted by Crippen LogP contribution is -1.95. The normalized spacial score (nSPS) is 11.8. The van der Waals surface area contributed by atoms with Crippen molar-refractivity contribution >= 4 is 42.2 Å². The summed E-state index contributed by atoms with van der Waals surface area (Å²) in [5.74, 6) is 0. The highest BCUT2D eigenvalue weighted by Gasteiger charge is 2.15. The van der Waals surface area contributed by atoms with Gasteiger partial charge >= 0.3 is 0 Å². The maximum absolute atomic E-state index is 11.5. The van der Waals surface area contributed by atoms with Gasteiger partial charge < -0.3 is 0 Å². The molecule has 0 fully saturated rings. The highest BCUT2D eigenvalue weighted by Crippen LogP contribution is 2.32. The summed E-state index contributed by atoms with van der Waals surface area (Å²) in [5.41, 5.74) is 4.10. The van der Waals surface area contributed by atoms with Crippen LogP contribution in [-0.2, 0) is 9.05 Å². The molecular formula is C16H12Cl2N2O2S. The molecule has 0 amide bonds. The van der Waals surface area contributed by atoms with E-state index in [2.05, 4.69) is 9.97 Å². The van der Waals surface area contributed by atoms with E-state index in [4.69, 9.17) is 22.3 Å². The zero-order chi connectivity index (χ0) is 16.8. The van der Waals surface area contributed by atoms with Crippen LogP contribution in [0.4, 0.5) is 0 Å². The first-order valence-corrected chi connectivity index (χ1v) is 9.42. The molecule has 3 aromatic rings. The second-order valence-electron chi connectivity index (χ2n) is 5.26. The predicted octanol–water partition coefficient (Wildman–Crippen LogP) is 4.49. The van der Waals surface area contributed by atoms with E-state index in [1.54, 1.807) is 6.07 Å². The molecule has 1 aromatic heterocycles. The van der Waals surface area contributed by atoms with E-state index >= 15 is 0 Å². The highest BCUT2D eigenvalue weighted by molar-refractivity contribution is 8.13. The van der Waals surface area contributed by atoms with Crippen LogP contribution in [0.1, 0.15) is 11.1 Å². The average molecular weight is 367 g/mol. The fourth-order valence-corrected chi connectivity index (χ4v) is 3.43. The number of rotatable bonds is 2. The number of hydrogen-bond donors (Lipinski definition) is 0. The number of benzene rings is 2. The molecule has 4 nitrogen and oxygen atoms in total. The number of fused-ring (bicyclic) bond motifs is 1. The van der Waals surface area contributed by atoms with E-state index in [1.807, 2.05) is 26.0 Å². The van der Waals surface area contributed by atoms with Gasteiger partial charge in [0.15, 0.2) is 0 Å². The molecule has 0 atom stereocenters. The molecule has 0 unspecified atom stereocenters. The van der Waals surface area contributed by atoms with Crippen molar-refractivity contribution in [3.05, 3.63) is 52.8 Å². The molecule has 1 heterocycles. The van der Waals surface area contributed by atoms with Crippen LogP contribution in [0.3, 0.4) is 0 Å². The fourth-order valence-electron chi connectivity index (χ4n) is 2.44. The molecule has 0 N–H and O–H groups in total. The number of nitrogens with zero attached hydrogens (tertiary/aromatic N) is 2. The van der Waals surface area contributed by atoms with E-state index in [9.17, 15) is 8.42 Å². The Kier molecular flexibility index (Phi) is 4.04. The Morgan fingerprint density at radius 3 is 2.43 bits per heavy atom. The summed E-state index contributed by atoms with van der Waals surface area (Å²) in [6.07, 6.45) is 1.41. The molecule has 2 aromatic carbocycles. The van der Waals surface area contributed by atoms with Gasteiger partial charge in [0.25, 0.3) is 9.05 Å². The monoisotopic (exact) mass is 366 g/mol. The van der Waals surface area contributed by atoms with Crippen LogP contribution >= 0.6 is 22.3 Å². The first-order valence-electron chi connectivity index (χ1n) is 6.74. The van der Waals surface area contributed by atoms with E-state index in [-0.39, 0.29) is 4.90 Å². The van der Waals surface area contributed by atoms with Crippen LogP contribution in [0.2, 0.25) is 5.02 Å². The molecule has 0 aliphatic rings. The highest BCUT2D eigenvalue weighted by atomic mass is 35.7. The predicted molar refractivity (Wildman–Crippen MR) is 92.5 cm³/mol. The molecule has 0 spiro atoms. The fraction of sp³-hybridized carbons (Fsp3) is 0.125. The van der Waals surface area contributed by atoms with E-state index in [0.29, 0.717) is 10.5 Å². The largest absolute Gasteiger partial charge is 0.261 e. The van der Waals surface area contributed by atoms with Gasteiger partial charge in [0, 0.05) is 26.7 Å². The molecule has 0 saturated carbocycles. The maximum atomic E-state index is 11.5. The van der Waals surface area contributed by atoms with Gasteiger partial charge in [-0.15, -0.1) is 0 Å². The summed E-state index contributed by atoms with van der Waals surface area (Å²) in [6, 6.07) is 8.42. The molecule has 0 aliphatic heterocycles. The van der Waals surface area contributed by atoms with Crippen LogP contribution in [0.5, 0.6) is 0 Å². The molecule has 0 aliphatic carbocycles. The molecule has 0 saturated heterocycles. The Labute approximate surface area is 143 Å². The summed E-state index contributed by atoms with van der Waals surface area (Å²) < 4.78 is 23.0. The van der Waals surface area contributed by atoms with Crippen LogP contribution in [0, 0.1) is 13.8 Å². The smallest absolute Gasteiger partial charge is 0.236 e. The summed E-state index contributed by atoms with van der Waals surface area (Å²) in [4.78, 5) is 8.53. The van der Waals surface area contributed by atoms with Gasteiger partial charge in [0.1, 0.15) is 6.33 Å². The van der Waals surface area contributed by atoms with Crippen LogP contribution in [0.15, 0.2) is 41.6 Å². The zero-order valence-electron chi connectivity index (χ0n) is 12.3. The van der Waals surface area contributed by atoms with E-state index in [0.717, 1.165) is 27.8 Å². The molecular weight excluding hydrogens is 355 g/mol. The third-order valence-electron chi connectivity index (χ3n) is 3.65. The van der Waals surface area contributed by atoms with Crippen LogP contribution < -0.4 is 0 Å². The molecule has 23 heavy (non-hydrogen) atoms. The number of halogens is 2. The van der Waals surface area contributed by atoms with E-state index < -0.39 is 9.05 Å². The Hall–Kier alpha value is -1.69. The minimum absolute atomic E-state index is 0.0142. The lowest BCUT2D eigenvalue weighted by Gasteiger charge is -2.11. The quantitative estimate of drug-likeness (QED) is 0.626. The Balaban J connectivity index is 2.30. The van der Waals surface area contributed by atoms with Gasteiger partial charge in [0.2, 0.25) is 0 Å². The van der Waals surface area contributed by atoms with Gasteiger partial charge in [-0.05, 0) is 55.3 Å². The van der Waals surface area contributed by atoms with Crippen LogP contribution in [0.25, 0.3) is 22.2 Å². The lowest BCUT2D eigenvalue weighted by molar-refractivity contribution is 0.609. The number of hydrogen-bond acceptors (Lipinski definition) is 4. The minimum Gasteiger partial charge on any atom is -0.236 e. The standard InChI is InChI=1S/C16H12Cl2N2O2S/c1-9-6-14(17)10(2)5-13(9)16-12-4-3-11(23(18,21)22)7-15(12)19-8-20-16/h3-8H,1-2H3. The van der Waals surface area contributed by atoms with Crippen LogP contribution in [-0.4, -0.2) is 18.4 Å². The summed E-state index contributed by atoms with van der Waals surface area (Å²) in [5, 5.41) is 1.45. The van der Waals surface area contributed by atoms with Gasteiger partial charge in [-0.1, -0.05) is 11.6 Å². The summed E-state index contributed by atoms with van der Waals surface area (Å²) in [6.45, 7) is 3.87. The van der Waals surface area contributed by atoms with Gasteiger partial charge in [-0.3, -0.25) is 0 Å². The first-order chi connectivity index (χ1) is 10.8. The first kappa shape index (κ1) is 16.2. The minimum atomic E-state index is -3.80. The zero-order valence-corrected chi connectivity index (χ0v) is 14.7.